The fourth-order valence-corrected chi connectivity index (χ4v) is 3.52. The first kappa shape index (κ1) is 19.7. The van der Waals surface area contributed by atoms with Crippen LogP contribution in [0.25, 0.3) is 10.6 Å². The smallest absolute Gasteiger partial charge is 0.275 e. The normalized spacial score (nSPS) is 10.6. The number of nitrogens with one attached hydrogen (secondary N) is 1. The number of halogens is 2. The fourth-order valence-electron chi connectivity index (χ4n) is 2.71. The van der Waals surface area contributed by atoms with Crippen molar-refractivity contribution in [3.63, 3.8) is 0 Å². The molecule has 1 heterocycles. The Balaban J connectivity index is 1.40. The van der Waals surface area contributed by atoms with Crippen LogP contribution in [-0.4, -0.2) is 10.9 Å². The zero-order valence-corrected chi connectivity index (χ0v) is 16.5. The molecule has 1 aromatic heterocycles. The highest BCUT2D eigenvalue weighted by Crippen LogP contribution is 2.26. The first-order valence-electron chi connectivity index (χ1n) is 9.07. The van der Waals surface area contributed by atoms with E-state index in [9.17, 15) is 13.6 Å². The Morgan fingerprint density at radius 3 is 2.43 bits per heavy atom. The molecule has 0 saturated heterocycles. The largest absolute Gasteiger partial charge is 0.489 e. The summed E-state index contributed by atoms with van der Waals surface area (Å²) in [5.74, 6) is -0.435. The third-order valence-electron chi connectivity index (χ3n) is 4.29. The zero-order valence-electron chi connectivity index (χ0n) is 15.6. The standard InChI is InChI=1S/C23H16F2N2O2S/c24-17-7-9-18(10-8-17)26-22(28)21-14-30-23(27-21)15-5-11-19(12-6-15)29-13-16-3-1-2-4-20(16)25/h1-12,14H,13H2,(H,26,28). The molecule has 0 spiro atoms. The van der Waals surface area contributed by atoms with Gasteiger partial charge in [-0.2, -0.15) is 0 Å². The number of hydrogen-bond donors (Lipinski definition) is 1. The molecular weight excluding hydrogens is 406 g/mol. The van der Waals surface area contributed by atoms with E-state index in [2.05, 4.69) is 10.3 Å². The van der Waals surface area contributed by atoms with Gasteiger partial charge in [-0.3, -0.25) is 4.79 Å². The van der Waals surface area contributed by atoms with Gasteiger partial charge in [0.15, 0.2) is 0 Å². The van der Waals surface area contributed by atoms with E-state index in [-0.39, 0.29) is 29.8 Å². The number of anilines is 1. The van der Waals surface area contributed by atoms with Gasteiger partial charge in [-0.15, -0.1) is 11.3 Å². The van der Waals surface area contributed by atoms with Crippen LogP contribution in [0.1, 0.15) is 16.1 Å². The summed E-state index contributed by atoms with van der Waals surface area (Å²) in [6.07, 6.45) is 0. The van der Waals surface area contributed by atoms with Gasteiger partial charge in [-0.25, -0.2) is 13.8 Å². The van der Waals surface area contributed by atoms with Crippen molar-refractivity contribution in [3.8, 4) is 16.3 Å². The molecule has 3 aromatic carbocycles. The van der Waals surface area contributed by atoms with Crippen molar-refractivity contribution in [1.82, 2.24) is 4.98 Å². The van der Waals surface area contributed by atoms with Crippen LogP contribution >= 0.6 is 11.3 Å². The van der Waals surface area contributed by atoms with Crippen molar-refractivity contribution < 1.29 is 18.3 Å². The van der Waals surface area contributed by atoms with Crippen molar-refractivity contribution in [2.75, 3.05) is 5.32 Å². The number of hydrogen-bond acceptors (Lipinski definition) is 4. The number of rotatable bonds is 6. The lowest BCUT2D eigenvalue weighted by Crippen LogP contribution is -2.12. The molecule has 4 nitrogen and oxygen atoms in total. The third kappa shape index (κ3) is 4.69. The van der Waals surface area contributed by atoms with E-state index < -0.39 is 0 Å². The maximum atomic E-state index is 13.7. The van der Waals surface area contributed by atoms with Gasteiger partial charge in [0.2, 0.25) is 0 Å². The van der Waals surface area contributed by atoms with Crippen molar-refractivity contribution >= 4 is 22.9 Å². The van der Waals surface area contributed by atoms with E-state index in [1.54, 1.807) is 35.7 Å². The summed E-state index contributed by atoms with van der Waals surface area (Å²) in [4.78, 5) is 16.7. The van der Waals surface area contributed by atoms with Gasteiger partial charge in [0.05, 0.1) is 0 Å². The van der Waals surface area contributed by atoms with Gasteiger partial charge < -0.3 is 10.1 Å². The van der Waals surface area contributed by atoms with Crippen LogP contribution in [0.15, 0.2) is 78.2 Å². The number of nitrogens with zero attached hydrogens (tertiary/aromatic N) is 1. The van der Waals surface area contributed by atoms with E-state index >= 15 is 0 Å². The monoisotopic (exact) mass is 422 g/mol. The molecule has 1 amide bonds. The van der Waals surface area contributed by atoms with Gasteiger partial charge >= 0.3 is 0 Å². The molecule has 0 atom stereocenters. The average Bonchev–Trinajstić information content (AvgIpc) is 3.26. The molecule has 4 rings (SSSR count). The van der Waals surface area contributed by atoms with E-state index in [1.165, 1.54) is 41.7 Å². The topological polar surface area (TPSA) is 51.2 Å². The van der Waals surface area contributed by atoms with E-state index in [0.29, 0.717) is 22.0 Å². The molecule has 0 bridgehead atoms. The molecule has 7 heteroatoms. The second-order valence-corrected chi connectivity index (χ2v) is 7.26. The molecule has 0 aliphatic heterocycles. The second-order valence-electron chi connectivity index (χ2n) is 6.40. The predicted octanol–water partition coefficient (Wildman–Crippen LogP) is 5.92. The van der Waals surface area contributed by atoms with Crippen molar-refractivity contribution in [2.45, 2.75) is 6.61 Å². The number of thiazole rings is 1. The average molecular weight is 422 g/mol. The highest BCUT2D eigenvalue weighted by Gasteiger charge is 2.12. The van der Waals surface area contributed by atoms with Crippen molar-refractivity contribution in [2.24, 2.45) is 0 Å². The number of carbonyl (C=O) groups excluding carboxylic acids is 1. The van der Waals surface area contributed by atoms with Crippen molar-refractivity contribution in [3.05, 3.63) is 101 Å². The fraction of sp³-hybridized carbons (Fsp3) is 0.0435. The lowest BCUT2D eigenvalue weighted by molar-refractivity contribution is 0.102. The molecule has 1 N–H and O–H groups in total. The van der Waals surface area contributed by atoms with Crippen LogP contribution in [-0.2, 0) is 6.61 Å². The second kappa shape index (κ2) is 8.84. The molecule has 0 radical (unpaired) electrons. The Bertz CT molecular complexity index is 1160. The highest BCUT2D eigenvalue weighted by molar-refractivity contribution is 7.13. The van der Waals surface area contributed by atoms with Gasteiger partial charge in [-0.1, -0.05) is 18.2 Å². The number of aromatic nitrogens is 1. The summed E-state index contributed by atoms with van der Waals surface area (Å²) in [6.45, 7) is 0.136. The Morgan fingerprint density at radius 2 is 1.70 bits per heavy atom. The minimum absolute atomic E-state index is 0.136. The van der Waals surface area contributed by atoms with Crippen LogP contribution in [0.3, 0.4) is 0 Å². The lowest BCUT2D eigenvalue weighted by Gasteiger charge is -2.07. The Morgan fingerprint density at radius 1 is 0.967 bits per heavy atom. The molecule has 4 aromatic rings. The summed E-state index contributed by atoms with van der Waals surface area (Å²) in [5, 5.41) is 5.03. The number of carbonyl (C=O) groups is 1. The van der Waals surface area contributed by atoms with Gasteiger partial charge in [0, 0.05) is 22.2 Å². The zero-order chi connectivity index (χ0) is 20.9. The molecule has 0 saturated carbocycles. The van der Waals surface area contributed by atoms with Crippen LogP contribution < -0.4 is 10.1 Å². The molecule has 0 fully saturated rings. The van der Waals surface area contributed by atoms with E-state index in [1.807, 2.05) is 12.1 Å². The molecule has 0 unspecified atom stereocenters. The summed E-state index contributed by atoms with van der Waals surface area (Å²) < 4.78 is 32.3. The van der Waals surface area contributed by atoms with E-state index in [0.717, 1.165) is 5.56 Å². The number of amides is 1. The van der Waals surface area contributed by atoms with Crippen LogP contribution in [0.2, 0.25) is 0 Å². The molecule has 150 valence electrons. The molecule has 0 aliphatic rings. The van der Waals surface area contributed by atoms with Crippen LogP contribution in [0.5, 0.6) is 5.75 Å². The SMILES string of the molecule is O=C(Nc1ccc(F)cc1)c1csc(-c2ccc(OCc3ccccc3F)cc2)n1. The van der Waals surface area contributed by atoms with Gasteiger partial charge in [0.25, 0.3) is 5.91 Å². The summed E-state index contributed by atoms with van der Waals surface area (Å²) in [7, 11) is 0. The maximum absolute atomic E-state index is 13.7. The number of ether oxygens (including phenoxy) is 1. The quantitative estimate of drug-likeness (QED) is 0.420. The summed E-state index contributed by atoms with van der Waals surface area (Å²) >= 11 is 1.34. The highest BCUT2D eigenvalue weighted by atomic mass is 32.1. The Labute approximate surface area is 175 Å². The van der Waals surface area contributed by atoms with Crippen LogP contribution in [0.4, 0.5) is 14.5 Å². The van der Waals surface area contributed by atoms with Crippen LogP contribution in [0, 0.1) is 11.6 Å². The first-order valence-corrected chi connectivity index (χ1v) is 9.95. The first-order chi connectivity index (χ1) is 14.6. The Hall–Kier alpha value is -3.58. The van der Waals surface area contributed by atoms with Crippen molar-refractivity contribution in [1.29, 1.82) is 0 Å². The minimum atomic E-state index is -0.370. The van der Waals surface area contributed by atoms with E-state index in [4.69, 9.17) is 4.74 Å². The molecule has 0 aliphatic carbocycles. The van der Waals surface area contributed by atoms with Gasteiger partial charge in [0.1, 0.15) is 34.7 Å². The summed E-state index contributed by atoms with van der Waals surface area (Å²) in [6, 6.07) is 19.2. The lowest BCUT2D eigenvalue weighted by atomic mass is 10.2. The molecular formula is C23H16F2N2O2S. The third-order valence-corrected chi connectivity index (χ3v) is 5.18. The number of benzene rings is 3. The Kier molecular flexibility index (Phi) is 5.81. The van der Waals surface area contributed by atoms with Gasteiger partial charge in [-0.05, 0) is 54.6 Å². The minimum Gasteiger partial charge on any atom is -0.489 e. The predicted molar refractivity (Wildman–Crippen MR) is 113 cm³/mol. The molecule has 30 heavy (non-hydrogen) atoms. The summed E-state index contributed by atoms with van der Waals surface area (Å²) in [5.41, 5.74) is 2.09. The maximum Gasteiger partial charge on any atom is 0.275 e.